The van der Waals surface area contributed by atoms with E-state index in [1.54, 1.807) is 0 Å². The van der Waals surface area contributed by atoms with Crippen LogP contribution in [0, 0.1) is 5.92 Å². The van der Waals surface area contributed by atoms with Crippen LogP contribution >= 0.6 is 0 Å². The molecule has 0 bridgehead atoms. The Morgan fingerprint density at radius 1 is 1.53 bits per heavy atom. The molecule has 1 aliphatic rings. The molecule has 1 unspecified atom stereocenters. The maximum atomic E-state index is 10.6. The van der Waals surface area contributed by atoms with Crippen LogP contribution in [0.25, 0.3) is 0 Å². The number of ether oxygens (including phenoxy) is 2. The van der Waals surface area contributed by atoms with Gasteiger partial charge in [0, 0.05) is 11.5 Å². The Balaban J connectivity index is 2.26. The Hall–Kier alpha value is -1.35. The molecule has 80 valence electrons. The molecule has 0 saturated carbocycles. The van der Waals surface area contributed by atoms with Crippen molar-refractivity contribution in [3.8, 4) is 5.75 Å². The third kappa shape index (κ3) is 2.18. The van der Waals surface area contributed by atoms with Gasteiger partial charge in [0.2, 0.25) is 0 Å². The lowest BCUT2D eigenvalue weighted by atomic mass is 9.97. The fourth-order valence-corrected chi connectivity index (χ4v) is 1.75. The average molecular weight is 206 g/mol. The van der Waals surface area contributed by atoms with Crippen molar-refractivity contribution in [3.05, 3.63) is 29.3 Å². The Bertz CT molecular complexity index is 360. The van der Waals surface area contributed by atoms with Gasteiger partial charge in [-0.25, -0.2) is 0 Å². The van der Waals surface area contributed by atoms with Crippen molar-refractivity contribution in [2.45, 2.75) is 20.0 Å². The molecule has 1 aliphatic heterocycles. The lowest BCUT2D eigenvalue weighted by Gasteiger charge is -2.20. The molecule has 0 saturated heterocycles. The summed E-state index contributed by atoms with van der Waals surface area (Å²) in [6.45, 7) is 2.81. The molecular weight excluding hydrogens is 192 g/mol. The highest BCUT2D eigenvalue weighted by atomic mass is 16.7. The third-order valence-electron chi connectivity index (χ3n) is 2.55. The zero-order valence-electron chi connectivity index (χ0n) is 8.73. The van der Waals surface area contributed by atoms with Gasteiger partial charge in [-0.1, -0.05) is 19.1 Å². The van der Waals surface area contributed by atoms with Gasteiger partial charge in [-0.15, -0.1) is 0 Å². The predicted octanol–water partition coefficient (Wildman–Crippen LogP) is 1.93. The zero-order valence-corrected chi connectivity index (χ0v) is 8.73. The summed E-state index contributed by atoms with van der Waals surface area (Å²) >= 11 is 0. The van der Waals surface area contributed by atoms with Gasteiger partial charge in [-0.3, -0.25) is 0 Å². The summed E-state index contributed by atoms with van der Waals surface area (Å²) in [6.07, 6.45) is 1.73. The highest BCUT2D eigenvalue weighted by molar-refractivity contribution is 5.54. The van der Waals surface area contributed by atoms with Crippen LogP contribution < -0.4 is 4.74 Å². The van der Waals surface area contributed by atoms with E-state index < -0.39 is 0 Å². The number of fused-ring (bicyclic) bond motifs is 1. The highest BCUT2D eigenvalue weighted by Gasteiger charge is 2.15. The van der Waals surface area contributed by atoms with Crippen molar-refractivity contribution < 1.29 is 14.3 Å². The molecule has 3 nitrogen and oxygen atoms in total. The first-order chi connectivity index (χ1) is 7.31. The van der Waals surface area contributed by atoms with Crippen LogP contribution in [-0.4, -0.2) is 13.1 Å². The van der Waals surface area contributed by atoms with E-state index in [9.17, 15) is 4.79 Å². The van der Waals surface area contributed by atoms with E-state index in [1.807, 2.05) is 25.1 Å². The molecule has 15 heavy (non-hydrogen) atoms. The summed E-state index contributed by atoms with van der Waals surface area (Å²) in [6, 6.07) is 5.92. The third-order valence-corrected chi connectivity index (χ3v) is 2.55. The van der Waals surface area contributed by atoms with Crippen LogP contribution in [0.4, 0.5) is 0 Å². The first-order valence-corrected chi connectivity index (χ1v) is 5.08. The molecule has 1 atom stereocenters. The number of benzene rings is 1. The van der Waals surface area contributed by atoms with E-state index in [0.29, 0.717) is 13.4 Å². The molecule has 2 rings (SSSR count). The standard InChI is InChI=1S/C12H14O3/c1-9(6-13)5-10-3-2-4-12-11(10)7-14-8-15-12/h2-4,6,9H,5,7-8H2,1H3. The molecule has 1 heterocycles. The molecular formula is C12H14O3. The fourth-order valence-electron chi connectivity index (χ4n) is 1.75. The minimum Gasteiger partial charge on any atom is -0.467 e. The van der Waals surface area contributed by atoms with Gasteiger partial charge in [0.25, 0.3) is 0 Å². The summed E-state index contributed by atoms with van der Waals surface area (Å²) < 4.78 is 10.6. The molecule has 0 radical (unpaired) electrons. The van der Waals surface area contributed by atoms with Crippen LogP contribution in [0.15, 0.2) is 18.2 Å². The molecule has 0 spiro atoms. The van der Waals surface area contributed by atoms with Gasteiger partial charge in [0.1, 0.15) is 12.0 Å². The SMILES string of the molecule is CC(C=O)Cc1cccc2c1COCO2. The quantitative estimate of drug-likeness (QED) is 0.709. The first kappa shape index (κ1) is 10.2. The largest absolute Gasteiger partial charge is 0.467 e. The maximum Gasteiger partial charge on any atom is 0.189 e. The van der Waals surface area contributed by atoms with Gasteiger partial charge in [0.15, 0.2) is 6.79 Å². The molecule has 0 amide bonds. The lowest BCUT2D eigenvalue weighted by molar-refractivity contribution is -0.110. The van der Waals surface area contributed by atoms with Gasteiger partial charge in [-0.2, -0.15) is 0 Å². The number of hydrogen-bond acceptors (Lipinski definition) is 3. The Kier molecular flexibility index (Phi) is 3.02. The highest BCUT2D eigenvalue weighted by Crippen LogP contribution is 2.27. The molecule has 0 fully saturated rings. The summed E-state index contributed by atoms with van der Waals surface area (Å²) in [5.41, 5.74) is 2.23. The number of carbonyl (C=O) groups excluding carboxylic acids is 1. The second-order valence-electron chi connectivity index (χ2n) is 3.82. The molecule has 0 N–H and O–H groups in total. The van der Waals surface area contributed by atoms with E-state index in [1.165, 1.54) is 0 Å². The second-order valence-corrected chi connectivity index (χ2v) is 3.82. The van der Waals surface area contributed by atoms with E-state index in [4.69, 9.17) is 9.47 Å². The Morgan fingerprint density at radius 3 is 3.20 bits per heavy atom. The fraction of sp³-hybridized carbons (Fsp3) is 0.417. The minimum atomic E-state index is 0.0402. The van der Waals surface area contributed by atoms with Crippen molar-refractivity contribution in [2.24, 2.45) is 5.92 Å². The zero-order chi connectivity index (χ0) is 10.7. The van der Waals surface area contributed by atoms with Crippen molar-refractivity contribution in [3.63, 3.8) is 0 Å². The Morgan fingerprint density at radius 2 is 2.40 bits per heavy atom. The van der Waals surface area contributed by atoms with Crippen molar-refractivity contribution in [1.29, 1.82) is 0 Å². The van der Waals surface area contributed by atoms with Crippen molar-refractivity contribution >= 4 is 6.29 Å². The molecule has 1 aromatic carbocycles. The summed E-state index contributed by atoms with van der Waals surface area (Å²) in [7, 11) is 0. The van der Waals surface area contributed by atoms with Crippen LogP contribution in [0.1, 0.15) is 18.1 Å². The summed E-state index contributed by atoms with van der Waals surface area (Å²) in [4.78, 5) is 10.6. The van der Waals surface area contributed by atoms with Crippen molar-refractivity contribution in [2.75, 3.05) is 6.79 Å². The van der Waals surface area contributed by atoms with Crippen LogP contribution in [0.5, 0.6) is 5.75 Å². The van der Waals surface area contributed by atoms with Gasteiger partial charge in [0.05, 0.1) is 6.61 Å². The predicted molar refractivity (Wildman–Crippen MR) is 55.7 cm³/mol. The topological polar surface area (TPSA) is 35.5 Å². The minimum absolute atomic E-state index is 0.0402. The van der Waals surface area contributed by atoms with Crippen molar-refractivity contribution in [1.82, 2.24) is 0 Å². The summed E-state index contributed by atoms with van der Waals surface area (Å²) in [5, 5.41) is 0. The molecule has 0 aromatic heterocycles. The average Bonchev–Trinajstić information content (AvgIpc) is 2.29. The lowest BCUT2D eigenvalue weighted by Crippen LogP contribution is -2.14. The maximum absolute atomic E-state index is 10.6. The molecule has 0 aliphatic carbocycles. The smallest absolute Gasteiger partial charge is 0.189 e. The molecule has 3 heteroatoms. The van der Waals surface area contributed by atoms with Gasteiger partial charge >= 0.3 is 0 Å². The van der Waals surface area contributed by atoms with E-state index in [-0.39, 0.29) is 5.92 Å². The number of hydrogen-bond donors (Lipinski definition) is 0. The van der Waals surface area contributed by atoms with E-state index in [0.717, 1.165) is 29.6 Å². The van der Waals surface area contributed by atoms with Crippen LogP contribution in [0.2, 0.25) is 0 Å². The van der Waals surface area contributed by atoms with Gasteiger partial charge < -0.3 is 14.3 Å². The van der Waals surface area contributed by atoms with Gasteiger partial charge in [-0.05, 0) is 18.1 Å². The number of carbonyl (C=O) groups is 1. The first-order valence-electron chi connectivity index (χ1n) is 5.08. The van der Waals surface area contributed by atoms with E-state index >= 15 is 0 Å². The number of rotatable bonds is 3. The van der Waals surface area contributed by atoms with Crippen LogP contribution in [0.3, 0.4) is 0 Å². The van der Waals surface area contributed by atoms with Crippen LogP contribution in [-0.2, 0) is 22.6 Å². The Labute approximate surface area is 89.0 Å². The van der Waals surface area contributed by atoms with E-state index in [2.05, 4.69) is 0 Å². The second kappa shape index (κ2) is 4.45. The summed E-state index contributed by atoms with van der Waals surface area (Å²) in [5.74, 6) is 0.926. The monoisotopic (exact) mass is 206 g/mol. The normalized spacial score (nSPS) is 16.3. The molecule has 1 aromatic rings. The number of aldehydes is 1.